The number of likely N-dealkylation sites (tertiary alicyclic amines) is 1. The van der Waals surface area contributed by atoms with Crippen LogP contribution in [-0.4, -0.2) is 42.3 Å². The summed E-state index contributed by atoms with van der Waals surface area (Å²) in [6.07, 6.45) is -0.397. The first kappa shape index (κ1) is 16.0. The average Bonchev–Trinajstić information content (AvgIpc) is 2.40. The van der Waals surface area contributed by atoms with Crippen LogP contribution >= 0.6 is 0 Å². The molecule has 0 unspecified atom stereocenters. The number of rotatable bonds is 3. The summed E-state index contributed by atoms with van der Waals surface area (Å²) in [4.78, 5) is 13.5. The molecule has 118 valence electrons. The number of carbonyl (C=O) groups is 1. The molecule has 1 aromatic carbocycles. The average molecular weight is 303 g/mol. The van der Waals surface area contributed by atoms with Gasteiger partial charge in [0.1, 0.15) is 11.4 Å². The predicted molar refractivity (Wildman–Crippen MR) is 82.8 cm³/mol. The molecular formula is C16H21N3O3. The molecule has 6 heteroatoms. The molecule has 22 heavy (non-hydrogen) atoms. The Kier molecular flexibility index (Phi) is 4.18. The zero-order valence-electron chi connectivity index (χ0n) is 13.3. The van der Waals surface area contributed by atoms with Gasteiger partial charge in [-0.05, 0) is 32.9 Å². The normalized spacial score (nSPS) is 16.2. The molecule has 0 bridgehead atoms. The first-order chi connectivity index (χ1) is 10.3. The summed E-state index contributed by atoms with van der Waals surface area (Å²) < 4.78 is 10.5. The molecule has 1 amide bonds. The summed E-state index contributed by atoms with van der Waals surface area (Å²) in [5, 5.41) is 12.6. The van der Waals surface area contributed by atoms with E-state index in [4.69, 9.17) is 9.47 Å². The van der Waals surface area contributed by atoms with Gasteiger partial charge in [-0.25, -0.2) is 4.79 Å². The van der Waals surface area contributed by atoms with E-state index in [-0.39, 0.29) is 13.1 Å². The van der Waals surface area contributed by atoms with Gasteiger partial charge in [-0.2, -0.15) is 5.26 Å². The Hall–Kier alpha value is -2.42. The van der Waals surface area contributed by atoms with Crippen LogP contribution in [0.3, 0.4) is 0 Å². The molecule has 0 aromatic heterocycles. The Morgan fingerprint density at radius 1 is 1.41 bits per heavy atom. The summed E-state index contributed by atoms with van der Waals surface area (Å²) >= 11 is 0. The van der Waals surface area contributed by atoms with Crippen molar-refractivity contribution in [2.75, 3.05) is 25.5 Å². The van der Waals surface area contributed by atoms with Crippen molar-refractivity contribution in [2.45, 2.75) is 31.9 Å². The first-order valence-corrected chi connectivity index (χ1v) is 7.08. The zero-order chi connectivity index (χ0) is 16.4. The topological polar surface area (TPSA) is 74.6 Å². The van der Waals surface area contributed by atoms with E-state index in [1.54, 1.807) is 7.11 Å². The van der Waals surface area contributed by atoms with Crippen LogP contribution in [0.15, 0.2) is 24.3 Å². The molecule has 1 aromatic rings. The second kappa shape index (κ2) is 5.76. The highest BCUT2D eigenvalue weighted by Gasteiger charge is 2.47. The summed E-state index contributed by atoms with van der Waals surface area (Å²) in [6, 6.07) is 9.60. The van der Waals surface area contributed by atoms with Crippen LogP contribution in [0.5, 0.6) is 5.75 Å². The number of hydrogen-bond acceptors (Lipinski definition) is 5. The summed E-state index contributed by atoms with van der Waals surface area (Å²) in [5.74, 6) is 0.710. The lowest BCUT2D eigenvalue weighted by molar-refractivity contribution is 0.00355. The third-order valence-electron chi connectivity index (χ3n) is 3.24. The highest BCUT2D eigenvalue weighted by Crippen LogP contribution is 2.28. The van der Waals surface area contributed by atoms with Gasteiger partial charge in [0.25, 0.3) is 0 Å². The van der Waals surface area contributed by atoms with Gasteiger partial charge < -0.3 is 19.7 Å². The van der Waals surface area contributed by atoms with Gasteiger partial charge in [0.2, 0.25) is 0 Å². The molecule has 0 saturated carbocycles. The van der Waals surface area contributed by atoms with Crippen LogP contribution in [0, 0.1) is 11.3 Å². The third-order valence-corrected chi connectivity index (χ3v) is 3.24. The van der Waals surface area contributed by atoms with E-state index < -0.39 is 17.2 Å². The fourth-order valence-corrected chi connectivity index (χ4v) is 2.22. The number of nitrogens with one attached hydrogen (secondary N) is 1. The maximum absolute atomic E-state index is 11.9. The largest absolute Gasteiger partial charge is 0.497 e. The van der Waals surface area contributed by atoms with Crippen molar-refractivity contribution in [2.24, 2.45) is 0 Å². The number of amides is 1. The maximum atomic E-state index is 11.9. The van der Waals surface area contributed by atoms with Gasteiger partial charge in [0.05, 0.1) is 26.3 Å². The molecule has 6 nitrogen and oxygen atoms in total. The van der Waals surface area contributed by atoms with Gasteiger partial charge in [0.15, 0.2) is 5.54 Å². The highest BCUT2D eigenvalue weighted by atomic mass is 16.6. The number of anilines is 1. The Bertz CT molecular complexity index is 595. The molecule has 0 radical (unpaired) electrons. The van der Waals surface area contributed by atoms with Crippen LogP contribution in [-0.2, 0) is 4.74 Å². The molecule has 0 aliphatic carbocycles. The minimum Gasteiger partial charge on any atom is -0.497 e. The first-order valence-electron chi connectivity index (χ1n) is 7.08. The molecule has 2 rings (SSSR count). The number of carbonyl (C=O) groups excluding carboxylic acids is 1. The zero-order valence-corrected chi connectivity index (χ0v) is 13.3. The summed E-state index contributed by atoms with van der Waals surface area (Å²) in [6.45, 7) is 6.02. The third kappa shape index (κ3) is 3.61. The van der Waals surface area contributed by atoms with Crippen molar-refractivity contribution in [3.8, 4) is 11.8 Å². The molecule has 0 spiro atoms. The van der Waals surface area contributed by atoms with Crippen LogP contribution in [0.1, 0.15) is 20.8 Å². The molecular weight excluding hydrogens is 282 g/mol. The fourth-order valence-electron chi connectivity index (χ4n) is 2.22. The second-order valence-electron chi connectivity index (χ2n) is 6.39. The van der Waals surface area contributed by atoms with Crippen molar-refractivity contribution in [1.82, 2.24) is 4.90 Å². The molecule has 0 atom stereocenters. The minimum absolute atomic E-state index is 0.287. The molecule has 1 saturated heterocycles. The Balaban J connectivity index is 1.99. The Morgan fingerprint density at radius 2 is 2.09 bits per heavy atom. The van der Waals surface area contributed by atoms with E-state index >= 15 is 0 Å². The summed E-state index contributed by atoms with van der Waals surface area (Å²) in [5.41, 5.74) is -0.546. The predicted octanol–water partition coefficient (Wildman–Crippen LogP) is 2.62. The van der Waals surface area contributed by atoms with E-state index in [1.807, 2.05) is 45.0 Å². The minimum atomic E-state index is -0.788. The number of nitriles is 1. The number of ether oxygens (including phenoxy) is 2. The molecule has 1 heterocycles. The van der Waals surface area contributed by atoms with Crippen molar-refractivity contribution < 1.29 is 14.3 Å². The van der Waals surface area contributed by atoms with Gasteiger partial charge in [-0.15, -0.1) is 0 Å². The van der Waals surface area contributed by atoms with E-state index in [0.717, 1.165) is 5.69 Å². The van der Waals surface area contributed by atoms with Crippen molar-refractivity contribution >= 4 is 11.8 Å². The van der Waals surface area contributed by atoms with Crippen LogP contribution in [0.4, 0.5) is 10.5 Å². The monoisotopic (exact) mass is 303 g/mol. The van der Waals surface area contributed by atoms with E-state index in [2.05, 4.69) is 11.4 Å². The number of benzene rings is 1. The highest BCUT2D eigenvalue weighted by molar-refractivity contribution is 5.71. The second-order valence-corrected chi connectivity index (χ2v) is 6.39. The van der Waals surface area contributed by atoms with Crippen molar-refractivity contribution in [3.05, 3.63) is 24.3 Å². The Morgan fingerprint density at radius 3 is 2.64 bits per heavy atom. The van der Waals surface area contributed by atoms with E-state index in [1.165, 1.54) is 4.90 Å². The lowest BCUT2D eigenvalue weighted by Crippen LogP contribution is -2.67. The molecule has 1 N–H and O–H groups in total. The molecule has 1 aliphatic rings. The quantitative estimate of drug-likeness (QED) is 0.929. The van der Waals surface area contributed by atoms with Crippen molar-refractivity contribution in [3.63, 3.8) is 0 Å². The smallest absolute Gasteiger partial charge is 0.410 e. The van der Waals surface area contributed by atoms with Gasteiger partial charge >= 0.3 is 6.09 Å². The Labute approximate surface area is 130 Å². The lowest BCUT2D eigenvalue weighted by Gasteiger charge is -2.46. The van der Waals surface area contributed by atoms with Gasteiger partial charge in [-0.1, -0.05) is 6.07 Å². The number of nitrogens with zero attached hydrogens (tertiary/aromatic N) is 2. The standard InChI is InChI=1S/C16H21N3O3/c1-15(2,3)22-14(20)19-10-16(9-17,11-19)18-12-6-5-7-13(8-12)21-4/h5-8,18H,10-11H2,1-4H3. The van der Waals surface area contributed by atoms with Gasteiger partial charge in [0, 0.05) is 11.8 Å². The van der Waals surface area contributed by atoms with Crippen LogP contribution in [0.2, 0.25) is 0 Å². The SMILES string of the molecule is COc1cccc(NC2(C#N)CN(C(=O)OC(C)(C)C)C2)c1. The van der Waals surface area contributed by atoms with Crippen LogP contribution < -0.4 is 10.1 Å². The van der Waals surface area contributed by atoms with E-state index in [9.17, 15) is 10.1 Å². The summed E-state index contributed by atoms with van der Waals surface area (Å²) in [7, 11) is 1.59. The molecule has 1 fully saturated rings. The maximum Gasteiger partial charge on any atom is 0.410 e. The number of methoxy groups -OCH3 is 1. The lowest BCUT2D eigenvalue weighted by atomic mass is 9.91. The van der Waals surface area contributed by atoms with Crippen molar-refractivity contribution in [1.29, 1.82) is 5.26 Å². The van der Waals surface area contributed by atoms with Gasteiger partial charge in [-0.3, -0.25) is 0 Å². The fraction of sp³-hybridized carbons (Fsp3) is 0.500. The molecule has 1 aliphatic heterocycles. The van der Waals surface area contributed by atoms with Crippen LogP contribution in [0.25, 0.3) is 0 Å². The van der Waals surface area contributed by atoms with E-state index in [0.29, 0.717) is 5.75 Å². The number of hydrogen-bond donors (Lipinski definition) is 1.